The van der Waals surface area contributed by atoms with E-state index >= 15 is 0 Å². The van der Waals surface area contributed by atoms with Crippen molar-refractivity contribution in [1.29, 1.82) is 0 Å². The molecule has 4 nitrogen and oxygen atoms in total. The molecule has 0 radical (unpaired) electrons. The number of aromatic nitrogens is 2. The molecular formula is C9H12N2O2S. The summed E-state index contributed by atoms with van der Waals surface area (Å²) in [6, 6.07) is 0. The number of hydrogen-bond acceptors (Lipinski definition) is 4. The number of imidazole rings is 1. The minimum absolute atomic E-state index is 0.298. The Hall–Kier alpha value is -1.23. The van der Waals surface area contributed by atoms with Crippen LogP contribution in [0.1, 0.15) is 16.3 Å². The third-order valence-electron chi connectivity index (χ3n) is 1.66. The van der Waals surface area contributed by atoms with Crippen LogP contribution >= 0.6 is 12.6 Å². The molecule has 0 N–H and O–H groups in total. The Balaban J connectivity index is 2.93. The fourth-order valence-electron chi connectivity index (χ4n) is 1.02. The number of rotatable bonds is 3. The average molecular weight is 212 g/mol. The van der Waals surface area contributed by atoms with Crippen LogP contribution in [0.25, 0.3) is 6.08 Å². The van der Waals surface area contributed by atoms with E-state index in [9.17, 15) is 4.79 Å². The zero-order valence-electron chi connectivity index (χ0n) is 8.10. The second-order valence-electron chi connectivity index (χ2n) is 2.68. The van der Waals surface area contributed by atoms with Gasteiger partial charge in [-0.25, -0.2) is 9.78 Å². The van der Waals surface area contributed by atoms with E-state index in [2.05, 4.69) is 22.3 Å². The normalized spacial score (nSPS) is 10.8. The molecule has 0 aliphatic carbocycles. The molecule has 0 bridgehead atoms. The van der Waals surface area contributed by atoms with Gasteiger partial charge in [0.05, 0.1) is 12.8 Å². The molecule has 0 aromatic carbocycles. The number of carbonyl (C=O) groups is 1. The van der Waals surface area contributed by atoms with E-state index in [4.69, 9.17) is 0 Å². The number of ether oxygens (including phenoxy) is 1. The summed E-state index contributed by atoms with van der Waals surface area (Å²) in [4.78, 5) is 15.3. The Morgan fingerprint density at radius 3 is 3.07 bits per heavy atom. The largest absolute Gasteiger partial charge is 0.463 e. The van der Waals surface area contributed by atoms with Gasteiger partial charge in [-0.05, 0) is 6.08 Å². The molecule has 1 aromatic rings. The summed E-state index contributed by atoms with van der Waals surface area (Å²) in [5.74, 6) is 0.508. The van der Waals surface area contributed by atoms with Gasteiger partial charge in [0.15, 0.2) is 0 Å². The molecule has 0 spiro atoms. The highest BCUT2D eigenvalue weighted by Gasteiger charge is 2.12. The molecule has 0 fully saturated rings. The average Bonchev–Trinajstić information content (AvgIpc) is 2.55. The second kappa shape index (κ2) is 4.85. The van der Waals surface area contributed by atoms with Gasteiger partial charge < -0.3 is 9.30 Å². The first-order chi connectivity index (χ1) is 6.69. The van der Waals surface area contributed by atoms with Crippen molar-refractivity contribution in [1.82, 2.24) is 9.55 Å². The van der Waals surface area contributed by atoms with E-state index in [0.717, 1.165) is 5.69 Å². The van der Waals surface area contributed by atoms with Crippen molar-refractivity contribution in [3.63, 3.8) is 0 Å². The maximum absolute atomic E-state index is 11.2. The number of aryl methyl sites for hydroxylation is 1. The maximum atomic E-state index is 11.2. The van der Waals surface area contributed by atoms with Gasteiger partial charge in [-0.1, -0.05) is 6.08 Å². The first-order valence-electron chi connectivity index (χ1n) is 4.08. The number of carbonyl (C=O) groups excluding carboxylic acids is 1. The van der Waals surface area contributed by atoms with Gasteiger partial charge in [0.2, 0.25) is 5.82 Å². The van der Waals surface area contributed by atoms with Gasteiger partial charge in [-0.2, -0.15) is 12.6 Å². The minimum Gasteiger partial charge on any atom is -0.463 e. The van der Waals surface area contributed by atoms with Crippen LogP contribution in [-0.2, 0) is 11.8 Å². The van der Waals surface area contributed by atoms with Crippen molar-refractivity contribution in [2.75, 3.05) is 12.9 Å². The maximum Gasteiger partial charge on any atom is 0.374 e. The minimum atomic E-state index is -0.432. The molecule has 0 aliphatic heterocycles. The van der Waals surface area contributed by atoms with Crippen molar-refractivity contribution in [3.8, 4) is 0 Å². The molecule has 5 heteroatoms. The molecule has 1 heterocycles. The predicted molar refractivity (Wildman–Crippen MR) is 57.4 cm³/mol. The molecule has 0 atom stereocenters. The van der Waals surface area contributed by atoms with Crippen LogP contribution in [0.15, 0.2) is 12.3 Å². The fraction of sp³-hybridized carbons (Fsp3) is 0.333. The van der Waals surface area contributed by atoms with Crippen LogP contribution in [0.5, 0.6) is 0 Å². The molecule has 0 saturated carbocycles. The van der Waals surface area contributed by atoms with Crippen LogP contribution in [0, 0.1) is 0 Å². The molecule has 76 valence electrons. The highest BCUT2D eigenvalue weighted by Crippen LogP contribution is 2.04. The van der Waals surface area contributed by atoms with Gasteiger partial charge in [-0.15, -0.1) is 0 Å². The molecule has 1 rings (SSSR count). The van der Waals surface area contributed by atoms with E-state index in [1.54, 1.807) is 23.9 Å². The standard InChI is InChI=1S/C9H12N2O2S/c1-11-6-7(4-3-5-14)10-8(11)9(12)13-2/h3-4,6,14H,5H2,1-2H3. The van der Waals surface area contributed by atoms with E-state index in [1.165, 1.54) is 7.11 Å². The van der Waals surface area contributed by atoms with Crippen LogP contribution in [0.3, 0.4) is 0 Å². The number of hydrogen-bond donors (Lipinski definition) is 1. The molecule has 14 heavy (non-hydrogen) atoms. The van der Waals surface area contributed by atoms with Gasteiger partial charge in [0, 0.05) is 19.0 Å². The Bertz CT molecular complexity index is 358. The Labute approximate surface area is 88.0 Å². The second-order valence-corrected chi connectivity index (χ2v) is 3.04. The van der Waals surface area contributed by atoms with Crippen molar-refractivity contribution in [2.45, 2.75) is 0 Å². The molecule has 0 unspecified atom stereocenters. The molecule has 0 saturated heterocycles. The number of thiol groups is 1. The number of methoxy groups -OCH3 is 1. The number of esters is 1. The quantitative estimate of drug-likeness (QED) is 0.604. The van der Waals surface area contributed by atoms with Crippen molar-refractivity contribution in [3.05, 3.63) is 23.8 Å². The van der Waals surface area contributed by atoms with Crippen LogP contribution < -0.4 is 0 Å². The zero-order chi connectivity index (χ0) is 10.6. The highest BCUT2D eigenvalue weighted by atomic mass is 32.1. The lowest BCUT2D eigenvalue weighted by Crippen LogP contribution is -2.08. The summed E-state index contributed by atoms with van der Waals surface area (Å²) < 4.78 is 6.20. The molecule has 0 amide bonds. The summed E-state index contributed by atoms with van der Waals surface area (Å²) in [6.45, 7) is 0. The smallest absolute Gasteiger partial charge is 0.374 e. The van der Waals surface area contributed by atoms with Gasteiger partial charge in [0.25, 0.3) is 0 Å². The van der Waals surface area contributed by atoms with Crippen LogP contribution in [-0.4, -0.2) is 28.4 Å². The third-order valence-corrected chi connectivity index (χ3v) is 1.87. The summed E-state index contributed by atoms with van der Waals surface area (Å²) in [5.41, 5.74) is 0.724. The van der Waals surface area contributed by atoms with Crippen molar-refractivity contribution >= 4 is 24.7 Å². The fourth-order valence-corrected chi connectivity index (χ4v) is 1.13. The van der Waals surface area contributed by atoms with E-state index < -0.39 is 5.97 Å². The SMILES string of the molecule is COC(=O)c1nc(C=CCS)cn1C. The lowest BCUT2D eigenvalue weighted by Gasteiger charge is -1.96. The Morgan fingerprint density at radius 1 is 1.79 bits per heavy atom. The Morgan fingerprint density at radius 2 is 2.50 bits per heavy atom. The van der Waals surface area contributed by atoms with Crippen LogP contribution in [0.4, 0.5) is 0 Å². The molecular weight excluding hydrogens is 200 g/mol. The lowest BCUT2D eigenvalue weighted by molar-refractivity contribution is 0.0583. The summed E-state index contributed by atoms with van der Waals surface area (Å²) in [5, 5.41) is 0. The van der Waals surface area contributed by atoms with Crippen LogP contribution in [0.2, 0.25) is 0 Å². The zero-order valence-corrected chi connectivity index (χ0v) is 8.99. The first kappa shape index (κ1) is 10.8. The predicted octanol–water partition coefficient (Wildman–Crippen LogP) is 1.15. The summed E-state index contributed by atoms with van der Waals surface area (Å²) in [7, 11) is 3.08. The molecule has 0 aliphatic rings. The highest BCUT2D eigenvalue weighted by molar-refractivity contribution is 7.80. The van der Waals surface area contributed by atoms with Gasteiger partial charge >= 0.3 is 5.97 Å². The topological polar surface area (TPSA) is 44.1 Å². The molecule has 1 aromatic heterocycles. The number of nitrogens with zero attached hydrogens (tertiary/aromatic N) is 2. The third kappa shape index (κ3) is 2.38. The lowest BCUT2D eigenvalue weighted by atomic mass is 10.4. The Kier molecular flexibility index (Phi) is 3.76. The summed E-state index contributed by atoms with van der Waals surface area (Å²) >= 11 is 4.03. The summed E-state index contributed by atoms with van der Waals surface area (Å²) in [6.07, 6.45) is 5.41. The van der Waals surface area contributed by atoms with E-state index in [1.807, 2.05) is 6.08 Å². The van der Waals surface area contributed by atoms with Crippen molar-refractivity contribution < 1.29 is 9.53 Å². The monoisotopic (exact) mass is 212 g/mol. The van der Waals surface area contributed by atoms with E-state index in [0.29, 0.717) is 11.6 Å². The van der Waals surface area contributed by atoms with Gasteiger partial charge in [-0.3, -0.25) is 0 Å². The van der Waals surface area contributed by atoms with Gasteiger partial charge in [0.1, 0.15) is 0 Å². The first-order valence-corrected chi connectivity index (χ1v) is 4.71. The van der Waals surface area contributed by atoms with Crippen molar-refractivity contribution in [2.24, 2.45) is 7.05 Å². The van der Waals surface area contributed by atoms with E-state index in [-0.39, 0.29) is 0 Å².